The lowest BCUT2D eigenvalue weighted by atomic mass is 9.77. The first-order valence-electron chi connectivity index (χ1n) is 5.26. The van der Waals surface area contributed by atoms with E-state index in [0.29, 0.717) is 12.0 Å². The summed E-state index contributed by atoms with van der Waals surface area (Å²) in [6, 6.07) is 0. The third-order valence-electron chi connectivity index (χ3n) is 3.43. The summed E-state index contributed by atoms with van der Waals surface area (Å²) in [6.07, 6.45) is 2.09. The molecule has 0 amide bonds. The molecule has 1 aliphatic heterocycles. The standard InChI is InChI=1S/C11H15NO5/c1-16-9(14)7-5-17-10(15)11(12)6(4-13)2-3-8(7)11/h2,5,8,10,13,15H,3-4,12H2,1H3/t8-,10-,11+/m1/s1. The van der Waals surface area contributed by atoms with E-state index < -0.39 is 23.7 Å². The third-order valence-corrected chi connectivity index (χ3v) is 3.43. The van der Waals surface area contributed by atoms with Crippen LogP contribution in [0, 0.1) is 5.92 Å². The minimum Gasteiger partial charge on any atom is -0.470 e. The van der Waals surface area contributed by atoms with Crippen molar-refractivity contribution in [1.82, 2.24) is 0 Å². The van der Waals surface area contributed by atoms with Gasteiger partial charge in [-0.1, -0.05) is 6.08 Å². The maximum atomic E-state index is 11.6. The van der Waals surface area contributed by atoms with Gasteiger partial charge in [-0.3, -0.25) is 0 Å². The second-order valence-corrected chi connectivity index (χ2v) is 4.16. The van der Waals surface area contributed by atoms with Crippen molar-refractivity contribution in [3.05, 3.63) is 23.5 Å². The Morgan fingerprint density at radius 1 is 1.76 bits per heavy atom. The summed E-state index contributed by atoms with van der Waals surface area (Å²) >= 11 is 0. The zero-order valence-corrected chi connectivity index (χ0v) is 9.42. The number of ether oxygens (including phenoxy) is 2. The van der Waals surface area contributed by atoms with Gasteiger partial charge in [0.2, 0.25) is 6.29 Å². The fourth-order valence-electron chi connectivity index (χ4n) is 2.41. The van der Waals surface area contributed by atoms with E-state index in [4.69, 9.17) is 10.5 Å². The van der Waals surface area contributed by atoms with Gasteiger partial charge in [-0.2, -0.15) is 0 Å². The fraction of sp³-hybridized carbons (Fsp3) is 0.545. The van der Waals surface area contributed by atoms with Crippen molar-refractivity contribution in [1.29, 1.82) is 0 Å². The van der Waals surface area contributed by atoms with Gasteiger partial charge < -0.3 is 25.4 Å². The molecule has 0 saturated carbocycles. The molecule has 0 aromatic rings. The molecule has 0 saturated heterocycles. The number of aliphatic hydroxyl groups excluding tert-OH is 2. The predicted molar refractivity (Wildman–Crippen MR) is 57.4 cm³/mol. The number of methoxy groups -OCH3 is 1. The van der Waals surface area contributed by atoms with Crippen LogP contribution >= 0.6 is 0 Å². The molecule has 0 spiro atoms. The van der Waals surface area contributed by atoms with Crippen LogP contribution in [0.25, 0.3) is 0 Å². The molecule has 0 unspecified atom stereocenters. The second-order valence-electron chi connectivity index (χ2n) is 4.16. The van der Waals surface area contributed by atoms with Crippen molar-refractivity contribution in [3.63, 3.8) is 0 Å². The normalized spacial score (nSPS) is 35.5. The van der Waals surface area contributed by atoms with Gasteiger partial charge in [0.05, 0.1) is 25.6 Å². The molecule has 0 radical (unpaired) electrons. The van der Waals surface area contributed by atoms with Crippen LogP contribution in [-0.4, -0.2) is 41.7 Å². The van der Waals surface area contributed by atoms with E-state index in [2.05, 4.69) is 4.74 Å². The van der Waals surface area contributed by atoms with E-state index in [9.17, 15) is 15.0 Å². The van der Waals surface area contributed by atoms with E-state index in [0.717, 1.165) is 0 Å². The van der Waals surface area contributed by atoms with Crippen molar-refractivity contribution in [3.8, 4) is 0 Å². The summed E-state index contributed by atoms with van der Waals surface area (Å²) in [5.41, 5.74) is 5.59. The zero-order valence-electron chi connectivity index (χ0n) is 9.42. The molecular formula is C11H15NO5. The van der Waals surface area contributed by atoms with Gasteiger partial charge >= 0.3 is 5.97 Å². The highest BCUT2D eigenvalue weighted by atomic mass is 16.6. The Morgan fingerprint density at radius 2 is 2.47 bits per heavy atom. The van der Waals surface area contributed by atoms with Crippen LogP contribution in [0.5, 0.6) is 0 Å². The molecule has 0 aromatic carbocycles. The summed E-state index contributed by atoms with van der Waals surface area (Å²) in [7, 11) is 1.27. The highest BCUT2D eigenvalue weighted by Crippen LogP contribution is 2.44. The van der Waals surface area contributed by atoms with Crippen molar-refractivity contribution < 1.29 is 24.5 Å². The molecule has 17 heavy (non-hydrogen) atoms. The number of carbonyl (C=O) groups excluding carboxylic acids is 1. The van der Waals surface area contributed by atoms with Gasteiger partial charge in [0.1, 0.15) is 5.54 Å². The first kappa shape index (κ1) is 12.1. The second kappa shape index (κ2) is 4.14. The van der Waals surface area contributed by atoms with E-state index >= 15 is 0 Å². The molecule has 6 nitrogen and oxygen atoms in total. The molecule has 1 heterocycles. The largest absolute Gasteiger partial charge is 0.470 e. The van der Waals surface area contributed by atoms with Crippen molar-refractivity contribution in [2.45, 2.75) is 18.2 Å². The van der Waals surface area contributed by atoms with Crippen LogP contribution in [-0.2, 0) is 14.3 Å². The molecule has 6 heteroatoms. The average molecular weight is 241 g/mol. The SMILES string of the molecule is COC(=O)C1=CO[C@@H](O)[C@]2(N)C(CO)=CC[C@H]12. The Balaban J connectivity index is 2.38. The lowest BCUT2D eigenvalue weighted by Gasteiger charge is -2.40. The quantitative estimate of drug-likeness (QED) is 0.424. The van der Waals surface area contributed by atoms with Crippen LogP contribution in [0.3, 0.4) is 0 Å². The van der Waals surface area contributed by atoms with Crippen molar-refractivity contribution in [2.24, 2.45) is 11.7 Å². The molecule has 2 aliphatic rings. The van der Waals surface area contributed by atoms with Crippen LogP contribution in [0.4, 0.5) is 0 Å². The summed E-state index contributed by atoms with van der Waals surface area (Å²) in [5, 5.41) is 19.0. The molecule has 2 rings (SSSR count). The topological polar surface area (TPSA) is 102 Å². The highest BCUT2D eigenvalue weighted by molar-refractivity contribution is 5.89. The molecule has 0 bridgehead atoms. The maximum absolute atomic E-state index is 11.6. The van der Waals surface area contributed by atoms with Crippen LogP contribution in [0.2, 0.25) is 0 Å². The van der Waals surface area contributed by atoms with Crippen LogP contribution < -0.4 is 5.73 Å². The molecule has 0 aromatic heterocycles. The van der Waals surface area contributed by atoms with Gasteiger partial charge in [0, 0.05) is 5.92 Å². The first-order chi connectivity index (χ1) is 8.05. The predicted octanol–water partition coefficient (Wildman–Crippen LogP) is -0.972. The number of allylic oxidation sites excluding steroid dienone is 1. The number of hydrogen-bond donors (Lipinski definition) is 3. The Bertz CT molecular complexity index is 403. The van der Waals surface area contributed by atoms with E-state index in [1.54, 1.807) is 6.08 Å². The summed E-state index contributed by atoms with van der Waals surface area (Å²) < 4.78 is 9.62. The number of rotatable bonds is 2. The van der Waals surface area contributed by atoms with Crippen molar-refractivity contribution >= 4 is 5.97 Å². The number of fused-ring (bicyclic) bond motifs is 1. The van der Waals surface area contributed by atoms with Crippen LogP contribution in [0.1, 0.15) is 6.42 Å². The molecule has 0 fully saturated rings. The molecule has 1 aliphatic carbocycles. The number of nitrogens with two attached hydrogens (primary N) is 1. The monoisotopic (exact) mass is 241 g/mol. The molecular weight excluding hydrogens is 226 g/mol. The summed E-state index contributed by atoms with van der Waals surface area (Å²) in [6.45, 7) is -0.276. The number of carbonyl (C=O) groups is 1. The van der Waals surface area contributed by atoms with E-state index in [1.807, 2.05) is 0 Å². The van der Waals surface area contributed by atoms with E-state index in [-0.39, 0.29) is 12.2 Å². The Labute approximate surface area is 98.3 Å². The molecule has 94 valence electrons. The maximum Gasteiger partial charge on any atom is 0.337 e. The highest BCUT2D eigenvalue weighted by Gasteiger charge is 2.53. The van der Waals surface area contributed by atoms with Gasteiger partial charge in [0.15, 0.2) is 0 Å². The number of esters is 1. The van der Waals surface area contributed by atoms with Gasteiger partial charge in [0.25, 0.3) is 0 Å². The molecule has 4 N–H and O–H groups in total. The fourth-order valence-corrected chi connectivity index (χ4v) is 2.41. The minimum atomic E-state index is -1.28. The van der Waals surface area contributed by atoms with Crippen LogP contribution in [0.15, 0.2) is 23.5 Å². The third kappa shape index (κ3) is 1.56. The Morgan fingerprint density at radius 3 is 3.06 bits per heavy atom. The van der Waals surface area contributed by atoms with Crippen molar-refractivity contribution in [2.75, 3.05) is 13.7 Å². The summed E-state index contributed by atoms with van der Waals surface area (Å²) in [5.74, 6) is -0.967. The summed E-state index contributed by atoms with van der Waals surface area (Å²) in [4.78, 5) is 11.6. The zero-order chi connectivity index (χ0) is 12.6. The first-order valence-corrected chi connectivity index (χ1v) is 5.26. The molecule has 3 atom stereocenters. The van der Waals surface area contributed by atoms with Gasteiger partial charge in [-0.05, 0) is 12.0 Å². The Kier molecular flexibility index (Phi) is 2.94. The van der Waals surface area contributed by atoms with Gasteiger partial charge in [-0.25, -0.2) is 4.79 Å². The lowest BCUT2D eigenvalue weighted by molar-refractivity contribution is -0.143. The van der Waals surface area contributed by atoms with Gasteiger partial charge in [-0.15, -0.1) is 0 Å². The average Bonchev–Trinajstić information content (AvgIpc) is 2.68. The minimum absolute atomic E-state index is 0.276. The smallest absolute Gasteiger partial charge is 0.337 e. The number of aliphatic hydroxyl groups is 2. The van der Waals surface area contributed by atoms with E-state index in [1.165, 1.54) is 13.4 Å². The lowest BCUT2D eigenvalue weighted by Crippen LogP contribution is -2.59. The number of hydrogen-bond acceptors (Lipinski definition) is 6. The Hall–Kier alpha value is -1.37.